The molecule has 0 aliphatic rings. The lowest BCUT2D eigenvalue weighted by Gasteiger charge is -2.19. The Balaban J connectivity index is 1.87. The number of benzene rings is 2. The number of rotatable bonds is 2. The van der Waals surface area contributed by atoms with Crippen LogP contribution in [0.15, 0.2) is 53.3 Å². The van der Waals surface area contributed by atoms with Crippen LogP contribution in [0.3, 0.4) is 0 Å². The molecular formula is C24H24N2OS. The average molecular weight is 389 g/mol. The summed E-state index contributed by atoms with van der Waals surface area (Å²) in [6.07, 6.45) is 0. The Morgan fingerprint density at radius 3 is 2.32 bits per heavy atom. The van der Waals surface area contributed by atoms with E-state index in [1.165, 1.54) is 5.56 Å². The Labute approximate surface area is 169 Å². The minimum atomic E-state index is -0.0826. The van der Waals surface area contributed by atoms with Gasteiger partial charge in [-0.25, -0.2) is 4.98 Å². The number of thiophene rings is 1. The van der Waals surface area contributed by atoms with Crippen molar-refractivity contribution in [2.75, 3.05) is 0 Å². The van der Waals surface area contributed by atoms with E-state index in [1.807, 2.05) is 31.2 Å². The van der Waals surface area contributed by atoms with Crippen molar-refractivity contribution in [2.24, 2.45) is 0 Å². The molecule has 4 heteroatoms. The molecule has 0 amide bonds. The zero-order chi connectivity index (χ0) is 20.1. The molecule has 142 valence electrons. The van der Waals surface area contributed by atoms with Crippen LogP contribution in [-0.4, -0.2) is 9.97 Å². The molecular weight excluding hydrogens is 364 g/mol. The summed E-state index contributed by atoms with van der Waals surface area (Å²) in [6.45, 7) is 10.7. The lowest BCUT2D eigenvalue weighted by Crippen LogP contribution is -2.11. The molecule has 0 atom stereocenters. The molecule has 0 bridgehead atoms. The first-order valence-corrected chi connectivity index (χ1v) is 10.3. The fourth-order valence-corrected chi connectivity index (χ4v) is 4.58. The van der Waals surface area contributed by atoms with Gasteiger partial charge in [-0.3, -0.25) is 4.79 Å². The molecule has 2 heterocycles. The molecule has 0 radical (unpaired) electrons. The monoisotopic (exact) mass is 388 g/mol. The fourth-order valence-electron chi connectivity index (χ4n) is 3.53. The van der Waals surface area contributed by atoms with Gasteiger partial charge < -0.3 is 4.98 Å². The predicted molar refractivity (Wildman–Crippen MR) is 119 cm³/mol. The molecule has 0 unspecified atom stereocenters. The van der Waals surface area contributed by atoms with Crippen molar-refractivity contribution in [3.63, 3.8) is 0 Å². The Morgan fingerprint density at radius 1 is 0.964 bits per heavy atom. The molecule has 0 aliphatic heterocycles. The topological polar surface area (TPSA) is 45.8 Å². The maximum absolute atomic E-state index is 13.0. The van der Waals surface area contributed by atoms with Gasteiger partial charge in [0.05, 0.1) is 5.39 Å². The van der Waals surface area contributed by atoms with E-state index in [0.717, 1.165) is 32.0 Å². The number of hydrogen-bond donors (Lipinski definition) is 1. The van der Waals surface area contributed by atoms with Crippen molar-refractivity contribution in [2.45, 2.75) is 40.0 Å². The standard InChI is InChI=1S/C24H24N2OS/c1-14-7-6-8-17(13-14)21-25-22(27)20-19(15(2)28-23(20)26-21)16-9-11-18(12-10-16)24(3,4)5/h6-13H,1-5H3,(H,25,26,27). The van der Waals surface area contributed by atoms with Gasteiger partial charge in [-0.15, -0.1) is 11.3 Å². The molecule has 2 aromatic carbocycles. The van der Waals surface area contributed by atoms with Crippen LogP contribution in [0.2, 0.25) is 0 Å². The van der Waals surface area contributed by atoms with Gasteiger partial charge in [-0.05, 0) is 36.5 Å². The molecule has 4 rings (SSSR count). The molecule has 0 fully saturated rings. The lowest BCUT2D eigenvalue weighted by atomic mass is 9.86. The summed E-state index contributed by atoms with van der Waals surface area (Å²) in [6, 6.07) is 16.6. The molecule has 28 heavy (non-hydrogen) atoms. The lowest BCUT2D eigenvalue weighted by molar-refractivity contribution is 0.590. The second kappa shape index (κ2) is 6.71. The highest BCUT2D eigenvalue weighted by molar-refractivity contribution is 7.19. The highest BCUT2D eigenvalue weighted by Crippen LogP contribution is 2.37. The van der Waals surface area contributed by atoms with Gasteiger partial charge in [0.2, 0.25) is 0 Å². The number of fused-ring (bicyclic) bond motifs is 1. The number of nitrogens with zero attached hydrogens (tertiary/aromatic N) is 1. The van der Waals surface area contributed by atoms with E-state index >= 15 is 0 Å². The van der Waals surface area contributed by atoms with Gasteiger partial charge in [0, 0.05) is 16.0 Å². The molecule has 4 aromatic rings. The van der Waals surface area contributed by atoms with E-state index in [-0.39, 0.29) is 11.0 Å². The third-order valence-electron chi connectivity index (χ3n) is 5.07. The number of H-pyrrole nitrogens is 1. The largest absolute Gasteiger partial charge is 0.306 e. The summed E-state index contributed by atoms with van der Waals surface area (Å²) < 4.78 is 0. The third-order valence-corrected chi connectivity index (χ3v) is 6.07. The van der Waals surface area contributed by atoms with Crippen molar-refractivity contribution >= 4 is 21.6 Å². The van der Waals surface area contributed by atoms with Crippen LogP contribution in [-0.2, 0) is 5.41 Å². The minimum absolute atomic E-state index is 0.0826. The van der Waals surface area contributed by atoms with Crippen LogP contribution in [0, 0.1) is 13.8 Å². The zero-order valence-corrected chi connectivity index (χ0v) is 17.7. The number of aryl methyl sites for hydroxylation is 2. The Kier molecular flexibility index (Phi) is 4.47. The van der Waals surface area contributed by atoms with E-state index in [9.17, 15) is 4.79 Å². The number of aromatic amines is 1. The summed E-state index contributed by atoms with van der Waals surface area (Å²) in [4.78, 5) is 22.7. The van der Waals surface area contributed by atoms with E-state index in [1.54, 1.807) is 11.3 Å². The first kappa shape index (κ1) is 18.6. The highest BCUT2D eigenvalue weighted by Gasteiger charge is 2.18. The van der Waals surface area contributed by atoms with E-state index in [0.29, 0.717) is 11.2 Å². The van der Waals surface area contributed by atoms with Gasteiger partial charge in [-0.1, -0.05) is 68.8 Å². The van der Waals surface area contributed by atoms with Gasteiger partial charge in [-0.2, -0.15) is 0 Å². The molecule has 3 nitrogen and oxygen atoms in total. The quantitative estimate of drug-likeness (QED) is 0.442. The fraction of sp³-hybridized carbons (Fsp3) is 0.250. The van der Waals surface area contributed by atoms with Crippen molar-refractivity contribution in [3.8, 4) is 22.5 Å². The number of hydrogen-bond acceptors (Lipinski definition) is 3. The maximum atomic E-state index is 13.0. The molecule has 2 aromatic heterocycles. The van der Waals surface area contributed by atoms with Gasteiger partial charge in [0.25, 0.3) is 5.56 Å². The number of aromatic nitrogens is 2. The first-order valence-electron chi connectivity index (χ1n) is 9.45. The van der Waals surface area contributed by atoms with Crippen LogP contribution in [0.1, 0.15) is 36.8 Å². The second-order valence-corrected chi connectivity index (χ2v) is 9.53. The van der Waals surface area contributed by atoms with E-state index < -0.39 is 0 Å². The third kappa shape index (κ3) is 3.29. The molecule has 1 N–H and O–H groups in total. The molecule has 0 spiro atoms. The Morgan fingerprint density at radius 2 is 1.68 bits per heavy atom. The summed E-state index contributed by atoms with van der Waals surface area (Å²) in [7, 11) is 0. The van der Waals surface area contributed by atoms with Gasteiger partial charge in [0.1, 0.15) is 10.7 Å². The minimum Gasteiger partial charge on any atom is -0.306 e. The van der Waals surface area contributed by atoms with Crippen LogP contribution in [0.5, 0.6) is 0 Å². The second-order valence-electron chi connectivity index (χ2n) is 8.32. The van der Waals surface area contributed by atoms with E-state index in [2.05, 4.69) is 56.9 Å². The summed E-state index contributed by atoms with van der Waals surface area (Å²) in [5.74, 6) is 0.622. The van der Waals surface area contributed by atoms with Crippen LogP contribution >= 0.6 is 11.3 Å². The zero-order valence-electron chi connectivity index (χ0n) is 16.9. The summed E-state index contributed by atoms with van der Waals surface area (Å²) in [5, 5.41) is 0.683. The van der Waals surface area contributed by atoms with Crippen molar-refractivity contribution < 1.29 is 0 Å². The van der Waals surface area contributed by atoms with Gasteiger partial charge in [0.15, 0.2) is 0 Å². The first-order chi connectivity index (χ1) is 13.2. The SMILES string of the molecule is Cc1cccc(-c2nc3sc(C)c(-c4ccc(C(C)(C)C)cc4)c3c(=O)[nH]2)c1. The summed E-state index contributed by atoms with van der Waals surface area (Å²) in [5.41, 5.74) is 5.43. The van der Waals surface area contributed by atoms with Crippen molar-refractivity contribution in [1.82, 2.24) is 9.97 Å². The Hall–Kier alpha value is -2.72. The average Bonchev–Trinajstić information content (AvgIpc) is 2.97. The maximum Gasteiger partial charge on any atom is 0.260 e. The normalized spacial score (nSPS) is 11.9. The van der Waals surface area contributed by atoms with Crippen LogP contribution < -0.4 is 5.56 Å². The van der Waals surface area contributed by atoms with Crippen LogP contribution in [0.4, 0.5) is 0 Å². The smallest absolute Gasteiger partial charge is 0.260 e. The summed E-state index contributed by atoms with van der Waals surface area (Å²) >= 11 is 1.58. The Bertz CT molecular complexity index is 1220. The van der Waals surface area contributed by atoms with Crippen molar-refractivity contribution in [3.05, 3.63) is 74.9 Å². The van der Waals surface area contributed by atoms with Gasteiger partial charge >= 0.3 is 0 Å². The van der Waals surface area contributed by atoms with E-state index in [4.69, 9.17) is 4.98 Å². The predicted octanol–water partition coefficient (Wildman–Crippen LogP) is 6.23. The molecule has 0 aliphatic carbocycles. The molecule has 0 saturated carbocycles. The van der Waals surface area contributed by atoms with Crippen LogP contribution in [0.25, 0.3) is 32.7 Å². The highest BCUT2D eigenvalue weighted by atomic mass is 32.1. The van der Waals surface area contributed by atoms with Crippen molar-refractivity contribution in [1.29, 1.82) is 0 Å². The number of nitrogens with one attached hydrogen (secondary N) is 1. The molecule has 0 saturated heterocycles.